The topological polar surface area (TPSA) is 57.2 Å². The fraction of sp³-hybridized carbons (Fsp3) is 0.545. The lowest BCUT2D eigenvalue weighted by molar-refractivity contribution is -0.214. The first-order valence-corrected chi connectivity index (χ1v) is 5.45. The summed E-state index contributed by atoms with van der Waals surface area (Å²) >= 11 is 0. The van der Waals surface area contributed by atoms with E-state index in [2.05, 4.69) is 4.74 Å². The van der Waals surface area contributed by atoms with Crippen molar-refractivity contribution in [1.29, 1.82) is 0 Å². The SMILES string of the molecule is CC(OCCCn1cc(N)ccc1=O)C(F)(F)F. The molecule has 18 heavy (non-hydrogen) atoms. The van der Waals surface area contributed by atoms with Gasteiger partial charge in [0, 0.05) is 31.1 Å². The van der Waals surface area contributed by atoms with E-state index >= 15 is 0 Å². The first-order valence-electron chi connectivity index (χ1n) is 5.45. The number of aryl methyl sites for hydroxylation is 1. The summed E-state index contributed by atoms with van der Waals surface area (Å²) in [6.07, 6.45) is -4.39. The average molecular weight is 264 g/mol. The molecule has 4 nitrogen and oxygen atoms in total. The molecule has 0 aliphatic carbocycles. The Morgan fingerprint density at radius 3 is 2.72 bits per heavy atom. The molecule has 0 saturated carbocycles. The van der Waals surface area contributed by atoms with Crippen molar-refractivity contribution >= 4 is 5.69 Å². The van der Waals surface area contributed by atoms with Crippen LogP contribution >= 0.6 is 0 Å². The van der Waals surface area contributed by atoms with Crippen molar-refractivity contribution in [3.63, 3.8) is 0 Å². The summed E-state index contributed by atoms with van der Waals surface area (Å²) in [4.78, 5) is 11.3. The molecular weight excluding hydrogens is 249 g/mol. The number of halogens is 3. The van der Waals surface area contributed by atoms with Gasteiger partial charge in [-0.25, -0.2) is 0 Å². The minimum absolute atomic E-state index is 0.0675. The molecule has 0 fully saturated rings. The second-order valence-corrected chi connectivity index (χ2v) is 3.90. The van der Waals surface area contributed by atoms with Gasteiger partial charge in [0.15, 0.2) is 6.10 Å². The number of anilines is 1. The van der Waals surface area contributed by atoms with Gasteiger partial charge in [-0.2, -0.15) is 13.2 Å². The van der Waals surface area contributed by atoms with Crippen molar-refractivity contribution in [2.24, 2.45) is 0 Å². The molecule has 0 aliphatic heterocycles. The predicted octanol–water partition coefficient (Wildman–Crippen LogP) is 1.79. The zero-order chi connectivity index (χ0) is 13.8. The van der Waals surface area contributed by atoms with Crippen LogP contribution in [0.3, 0.4) is 0 Å². The molecule has 1 atom stereocenters. The standard InChI is InChI=1S/C11H15F3N2O2/c1-8(11(12,13)14)18-6-2-5-16-7-9(15)3-4-10(16)17/h3-4,7-8H,2,5-6,15H2,1H3. The zero-order valence-corrected chi connectivity index (χ0v) is 9.91. The highest BCUT2D eigenvalue weighted by atomic mass is 19.4. The van der Waals surface area contributed by atoms with E-state index in [1.165, 1.54) is 22.9 Å². The third kappa shape index (κ3) is 4.40. The van der Waals surface area contributed by atoms with Crippen LogP contribution in [0.2, 0.25) is 0 Å². The van der Waals surface area contributed by atoms with E-state index in [1.54, 1.807) is 0 Å². The lowest BCUT2D eigenvalue weighted by Gasteiger charge is -2.16. The second-order valence-electron chi connectivity index (χ2n) is 3.90. The maximum atomic E-state index is 12.1. The molecule has 102 valence electrons. The Hall–Kier alpha value is -1.50. The summed E-state index contributed by atoms with van der Waals surface area (Å²) < 4.78 is 42.3. The molecule has 1 heterocycles. The molecule has 2 N–H and O–H groups in total. The Morgan fingerprint density at radius 1 is 1.44 bits per heavy atom. The normalized spacial score (nSPS) is 13.6. The van der Waals surface area contributed by atoms with Crippen molar-refractivity contribution in [2.45, 2.75) is 32.2 Å². The molecule has 0 aliphatic rings. The summed E-state index contributed by atoms with van der Waals surface area (Å²) in [6.45, 7) is 1.16. The summed E-state index contributed by atoms with van der Waals surface area (Å²) in [6, 6.07) is 2.79. The van der Waals surface area contributed by atoms with Gasteiger partial charge in [0.05, 0.1) is 0 Å². The smallest absolute Gasteiger partial charge is 0.398 e. The van der Waals surface area contributed by atoms with E-state index in [-0.39, 0.29) is 18.7 Å². The number of alkyl halides is 3. The number of nitrogens with zero attached hydrogens (tertiary/aromatic N) is 1. The quantitative estimate of drug-likeness (QED) is 0.825. The fourth-order valence-corrected chi connectivity index (χ4v) is 1.31. The fourth-order valence-electron chi connectivity index (χ4n) is 1.31. The molecule has 1 unspecified atom stereocenters. The first kappa shape index (κ1) is 14.6. The Kier molecular flexibility index (Phi) is 4.77. The lowest BCUT2D eigenvalue weighted by atomic mass is 10.3. The lowest BCUT2D eigenvalue weighted by Crippen LogP contribution is -2.29. The van der Waals surface area contributed by atoms with Crippen molar-refractivity contribution in [3.8, 4) is 0 Å². The number of hydrogen-bond donors (Lipinski definition) is 1. The average Bonchev–Trinajstić information content (AvgIpc) is 2.27. The Balaban J connectivity index is 2.39. The second kappa shape index (κ2) is 5.90. The first-order chi connectivity index (χ1) is 8.30. The molecule has 0 radical (unpaired) electrons. The number of nitrogen functional groups attached to an aromatic ring is 1. The molecular formula is C11H15F3N2O2. The maximum absolute atomic E-state index is 12.1. The molecule has 1 rings (SSSR count). The molecule has 1 aromatic heterocycles. The van der Waals surface area contributed by atoms with Crippen LogP contribution in [0, 0.1) is 0 Å². The van der Waals surface area contributed by atoms with E-state index in [0.717, 1.165) is 6.92 Å². The number of aromatic nitrogens is 1. The molecule has 7 heteroatoms. The highest BCUT2D eigenvalue weighted by Crippen LogP contribution is 2.22. The predicted molar refractivity (Wildman–Crippen MR) is 61.2 cm³/mol. The molecule has 0 bridgehead atoms. The van der Waals surface area contributed by atoms with Crippen LogP contribution in [0.25, 0.3) is 0 Å². The number of nitrogens with two attached hydrogens (primary N) is 1. The zero-order valence-electron chi connectivity index (χ0n) is 9.91. The molecule has 0 aromatic carbocycles. The van der Waals surface area contributed by atoms with Crippen molar-refractivity contribution in [3.05, 3.63) is 28.7 Å². The molecule has 0 spiro atoms. The van der Waals surface area contributed by atoms with Crippen LogP contribution in [0.15, 0.2) is 23.1 Å². The van der Waals surface area contributed by atoms with Gasteiger partial charge in [0.1, 0.15) is 0 Å². The minimum atomic E-state index is -4.35. The van der Waals surface area contributed by atoms with Gasteiger partial charge in [0.25, 0.3) is 5.56 Å². The van der Waals surface area contributed by atoms with E-state index in [9.17, 15) is 18.0 Å². The van der Waals surface area contributed by atoms with Gasteiger partial charge < -0.3 is 15.0 Å². The van der Waals surface area contributed by atoms with Crippen LogP contribution in [-0.2, 0) is 11.3 Å². The monoisotopic (exact) mass is 264 g/mol. The highest BCUT2D eigenvalue weighted by Gasteiger charge is 2.36. The van der Waals surface area contributed by atoms with Gasteiger partial charge >= 0.3 is 6.18 Å². The summed E-state index contributed by atoms with van der Waals surface area (Å²) in [5.41, 5.74) is 5.68. The van der Waals surface area contributed by atoms with Gasteiger partial charge in [-0.3, -0.25) is 4.79 Å². The van der Waals surface area contributed by atoms with Gasteiger partial charge in [0.2, 0.25) is 0 Å². The van der Waals surface area contributed by atoms with Crippen molar-refractivity contribution in [1.82, 2.24) is 4.57 Å². The van der Waals surface area contributed by atoms with E-state index in [1.807, 2.05) is 0 Å². The van der Waals surface area contributed by atoms with Crippen LogP contribution in [0.4, 0.5) is 18.9 Å². The van der Waals surface area contributed by atoms with E-state index in [0.29, 0.717) is 12.1 Å². The number of hydrogen-bond acceptors (Lipinski definition) is 3. The summed E-state index contributed by atoms with van der Waals surface area (Å²) in [7, 11) is 0. The minimum Gasteiger partial charge on any atom is -0.398 e. The van der Waals surface area contributed by atoms with E-state index < -0.39 is 12.3 Å². The Morgan fingerprint density at radius 2 is 2.11 bits per heavy atom. The maximum Gasteiger partial charge on any atom is 0.414 e. The van der Waals surface area contributed by atoms with Gasteiger partial charge in [-0.15, -0.1) is 0 Å². The summed E-state index contributed by atoms with van der Waals surface area (Å²) in [5, 5.41) is 0. The third-order valence-electron chi connectivity index (χ3n) is 2.38. The molecule has 0 amide bonds. The van der Waals surface area contributed by atoms with E-state index in [4.69, 9.17) is 5.73 Å². The third-order valence-corrected chi connectivity index (χ3v) is 2.38. The van der Waals surface area contributed by atoms with Crippen LogP contribution in [-0.4, -0.2) is 23.5 Å². The molecule has 1 aromatic rings. The highest BCUT2D eigenvalue weighted by molar-refractivity contribution is 5.33. The van der Waals surface area contributed by atoms with Crippen LogP contribution in [0.5, 0.6) is 0 Å². The van der Waals surface area contributed by atoms with Crippen molar-refractivity contribution < 1.29 is 17.9 Å². The van der Waals surface area contributed by atoms with Gasteiger partial charge in [-0.05, 0) is 19.4 Å². The van der Waals surface area contributed by atoms with Crippen LogP contribution < -0.4 is 11.3 Å². The van der Waals surface area contributed by atoms with Crippen molar-refractivity contribution in [2.75, 3.05) is 12.3 Å². The number of ether oxygens (including phenoxy) is 1. The Labute approximate surface area is 102 Å². The number of rotatable bonds is 5. The largest absolute Gasteiger partial charge is 0.414 e. The summed E-state index contributed by atoms with van der Waals surface area (Å²) in [5.74, 6) is 0. The number of pyridine rings is 1. The molecule has 0 saturated heterocycles. The van der Waals surface area contributed by atoms with Crippen LogP contribution in [0.1, 0.15) is 13.3 Å². The Bertz CT molecular complexity index is 443. The van der Waals surface area contributed by atoms with Gasteiger partial charge in [-0.1, -0.05) is 0 Å².